The Hall–Kier alpha value is -2.36. The lowest BCUT2D eigenvalue weighted by Crippen LogP contribution is -2.16. The zero-order valence-electron chi connectivity index (χ0n) is 18.8. The number of carbonyl (C=O) groups is 2. The van der Waals surface area contributed by atoms with Crippen molar-refractivity contribution >= 4 is 45.1 Å². The van der Waals surface area contributed by atoms with Gasteiger partial charge < -0.3 is 15.4 Å². The molecule has 2 aromatic rings. The number of hydrogen-bond donors (Lipinski definition) is 2. The molecule has 0 bridgehead atoms. The van der Waals surface area contributed by atoms with E-state index in [1.54, 1.807) is 5.51 Å². The Morgan fingerprint density at radius 3 is 2.14 bits per heavy atom. The number of amides is 1. The Bertz CT molecular complexity index is 855. The number of alkyl halides is 6. The Labute approximate surface area is 205 Å². The van der Waals surface area contributed by atoms with Crippen LogP contribution in [0.5, 0.6) is 0 Å². The van der Waals surface area contributed by atoms with Gasteiger partial charge in [-0.2, -0.15) is 26.3 Å². The lowest BCUT2D eigenvalue weighted by molar-refractivity contribution is -0.142. The number of hydrogen-bond acceptors (Lipinski definition) is 9. The van der Waals surface area contributed by atoms with Gasteiger partial charge in [0, 0.05) is 25.8 Å². The monoisotopic (exact) mass is 548 g/mol. The van der Waals surface area contributed by atoms with Gasteiger partial charge in [0.2, 0.25) is 16.2 Å². The maximum Gasteiger partial charge on any atom is 0.389 e. The molecule has 0 atom stereocenters. The highest BCUT2D eigenvalue weighted by atomic mass is 32.1. The second-order valence-electron chi connectivity index (χ2n) is 7.26. The van der Waals surface area contributed by atoms with Gasteiger partial charge in [0.1, 0.15) is 16.8 Å². The van der Waals surface area contributed by atoms with E-state index >= 15 is 0 Å². The van der Waals surface area contributed by atoms with Crippen molar-refractivity contribution in [3.05, 3.63) is 10.5 Å². The van der Waals surface area contributed by atoms with Gasteiger partial charge in [0.15, 0.2) is 0 Å². The van der Waals surface area contributed by atoms with Crippen LogP contribution in [-0.2, 0) is 9.59 Å². The average molecular weight is 549 g/mol. The van der Waals surface area contributed by atoms with Crippen LogP contribution in [0.25, 0.3) is 0 Å². The second-order valence-corrected chi connectivity index (χ2v) is 9.10. The Morgan fingerprint density at radius 2 is 1.69 bits per heavy atom. The van der Waals surface area contributed by atoms with Gasteiger partial charge in [-0.05, 0) is 12.8 Å². The van der Waals surface area contributed by atoms with Crippen molar-refractivity contribution in [3.63, 3.8) is 0 Å². The van der Waals surface area contributed by atoms with Crippen molar-refractivity contribution in [1.29, 1.82) is 0 Å². The van der Waals surface area contributed by atoms with Crippen LogP contribution in [0, 0.1) is 0 Å². The summed E-state index contributed by atoms with van der Waals surface area (Å²) in [5.74, 6) is -0.296. The molecule has 1 amide bonds. The van der Waals surface area contributed by atoms with E-state index in [0.29, 0.717) is 5.92 Å². The molecule has 0 aliphatic heterocycles. The molecule has 1 fully saturated rings. The molecule has 35 heavy (non-hydrogen) atoms. The third-order valence-electron chi connectivity index (χ3n) is 4.40. The summed E-state index contributed by atoms with van der Waals surface area (Å²) in [6.07, 6.45) is -5.67. The summed E-state index contributed by atoms with van der Waals surface area (Å²) >= 11 is 2.76. The Kier molecular flexibility index (Phi) is 13.7. The van der Waals surface area contributed by atoms with E-state index < -0.39 is 43.9 Å². The van der Waals surface area contributed by atoms with Gasteiger partial charge in [0.25, 0.3) is 0 Å². The molecule has 0 unspecified atom stereocenters. The standard InChI is InChI=1S/C12H16F3N3OS.C4H5F3O.C3H5N3S/c13-12(14,15)7-6-9(19)16-11-18-17-10(20-11)8-4-2-1-3-5-8;5-4(6,7)2-1-3-8;1-4-3-6-5-2-7-3/h8H,1-7H2,(H,16,18,19);3H,1-2H2;2H,1H3,(H,4,6). The topological polar surface area (TPSA) is 110 Å². The molecule has 2 aromatic heterocycles. The molecule has 1 saturated carbocycles. The molecular formula is C19H26F6N6O2S2. The molecule has 1 aliphatic carbocycles. The molecule has 0 radical (unpaired) electrons. The van der Waals surface area contributed by atoms with Gasteiger partial charge in [0.05, 0.1) is 12.8 Å². The molecular weight excluding hydrogens is 522 g/mol. The van der Waals surface area contributed by atoms with Crippen molar-refractivity contribution in [3.8, 4) is 0 Å². The summed E-state index contributed by atoms with van der Waals surface area (Å²) in [7, 11) is 1.82. The third-order valence-corrected chi connectivity index (χ3v) is 6.11. The summed E-state index contributed by atoms with van der Waals surface area (Å²) < 4.78 is 69.2. The molecule has 1 aliphatic rings. The lowest BCUT2D eigenvalue weighted by Gasteiger charge is -2.18. The number of halogens is 6. The number of rotatable bonds is 7. The fourth-order valence-electron chi connectivity index (χ4n) is 2.74. The summed E-state index contributed by atoms with van der Waals surface area (Å²) in [6, 6.07) is 0. The first-order chi connectivity index (χ1) is 16.4. The van der Waals surface area contributed by atoms with E-state index in [9.17, 15) is 35.9 Å². The van der Waals surface area contributed by atoms with Crippen LogP contribution in [0.1, 0.15) is 68.7 Å². The highest BCUT2D eigenvalue weighted by Crippen LogP contribution is 2.35. The highest BCUT2D eigenvalue weighted by molar-refractivity contribution is 7.15. The fourth-order valence-corrected chi connectivity index (χ4v) is 4.08. The number of aldehydes is 1. The number of anilines is 2. The lowest BCUT2D eigenvalue weighted by atomic mass is 9.90. The predicted octanol–water partition coefficient (Wildman–Crippen LogP) is 5.97. The number of nitrogens with zero attached hydrogens (tertiary/aromatic N) is 4. The fraction of sp³-hybridized carbons (Fsp3) is 0.684. The van der Waals surface area contributed by atoms with E-state index in [1.165, 1.54) is 29.1 Å². The van der Waals surface area contributed by atoms with Crippen molar-refractivity contribution in [2.75, 3.05) is 17.7 Å². The van der Waals surface area contributed by atoms with Gasteiger partial charge in [-0.3, -0.25) is 4.79 Å². The summed E-state index contributed by atoms with van der Waals surface area (Å²) in [5.41, 5.74) is 1.69. The SMILES string of the molecule is CNc1nncs1.O=C(CCC(F)(F)F)Nc1nnc(C2CCCCC2)s1.O=CCCC(F)(F)F. The van der Waals surface area contributed by atoms with E-state index in [2.05, 4.69) is 31.0 Å². The normalized spacial score (nSPS) is 14.1. The predicted molar refractivity (Wildman–Crippen MR) is 120 cm³/mol. The molecule has 2 N–H and O–H groups in total. The van der Waals surface area contributed by atoms with Crippen molar-refractivity contribution in [2.45, 2.75) is 76.1 Å². The zero-order valence-corrected chi connectivity index (χ0v) is 20.4. The number of carbonyl (C=O) groups excluding carboxylic acids is 2. The molecule has 3 rings (SSSR count). The van der Waals surface area contributed by atoms with Crippen LogP contribution >= 0.6 is 22.7 Å². The summed E-state index contributed by atoms with van der Waals surface area (Å²) in [6.45, 7) is 0. The molecule has 2 heterocycles. The minimum Gasteiger partial charge on any atom is -0.363 e. The maximum absolute atomic E-state index is 12.0. The van der Waals surface area contributed by atoms with Crippen LogP contribution in [-0.4, -0.2) is 52.0 Å². The van der Waals surface area contributed by atoms with Crippen LogP contribution in [0.2, 0.25) is 0 Å². The minimum atomic E-state index is -4.31. The molecule has 0 saturated heterocycles. The van der Waals surface area contributed by atoms with E-state index in [1.807, 2.05) is 7.05 Å². The average Bonchev–Trinajstić information content (AvgIpc) is 3.49. The molecule has 16 heteroatoms. The van der Waals surface area contributed by atoms with Gasteiger partial charge in [-0.1, -0.05) is 41.9 Å². The van der Waals surface area contributed by atoms with Crippen molar-refractivity contribution < 1.29 is 35.9 Å². The van der Waals surface area contributed by atoms with Crippen LogP contribution in [0.15, 0.2) is 5.51 Å². The van der Waals surface area contributed by atoms with Crippen LogP contribution in [0.3, 0.4) is 0 Å². The van der Waals surface area contributed by atoms with E-state index in [-0.39, 0.29) is 11.4 Å². The first kappa shape index (κ1) is 30.7. The summed E-state index contributed by atoms with van der Waals surface area (Å²) in [5, 5.41) is 22.4. The zero-order chi connectivity index (χ0) is 26.3. The first-order valence-corrected chi connectivity index (χ1v) is 12.3. The van der Waals surface area contributed by atoms with E-state index in [0.717, 1.165) is 35.8 Å². The molecule has 0 spiro atoms. The van der Waals surface area contributed by atoms with Crippen LogP contribution in [0.4, 0.5) is 36.6 Å². The number of nitrogens with one attached hydrogen (secondary N) is 2. The largest absolute Gasteiger partial charge is 0.389 e. The Balaban J connectivity index is 0.000000334. The van der Waals surface area contributed by atoms with Crippen LogP contribution < -0.4 is 10.6 Å². The third kappa shape index (κ3) is 15.3. The van der Waals surface area contributed by atoms with Gasteiger partial charge >= 0.3 is 12.4 Å². The number of aromatic nitrogens is 4. The summed E-state index contributed by atoms with van der Waals surface area (Å²) in [4.78, 5) is 20.7. The smallest absolute Gasteiger partial charge is 0.363 e. The Morgan fingerprint density at radius 1 is 1.03 bits per heavy atom. The molecule has 8 nitrogen and oxygen atoms in total. The first-order valence-electron chi connectivity index (χ1n) is 10.6. The molecule has 0 aromatic carbocycles. The van der Waals surface area contributed by atoms with Gasteiger partial charge in [-0.15, -0.1) is 20.4 Å². The second kappa shape index (κ2) is 15.6. The maximum atomic E-state index is 12.0. The molecule has 198 valence electrons. The van der Waals surface area contributed by atoms with Crippen molar-refractivity contribution in [2.24, 2.45) is 0 Å². The van der Waals surface area contributed by atoms with Gasteiger partial charge in [-0.25, -0.2) is 0 Å². The minimum absolute atomic E-state index is 0.257. The highest BCUT2D eigenvalue weighted by Gasteiger charge is 2.28. The quantitative estimate of drug-likeness (QED) is 0.324. The van der Waals surface area contributed by atoms with Crippen molar-refractivity contribution in [1.82, 2.24) is 20.4 Å². The van der Waals surface area contributed by atoms with E-state index in [4.69, 9.17) is 0 Å².